The van der Waals surface area contributed by atoms with Gasteiger partial charge in [0.1, 0.15) is 0 Å². The Labute approximate surface area is 175 Å². The highest BCUT2D eigenvalue weighted by molar-refractivity contribution is 7.93. The van der Waals surface area contributed by atoms with Crippen LogP contribution in [0.1, 0.15) is 31.2 Å². The van der Waals surface area contributed by atoms with Crippen molar-refractivity contribution in [3.8, 4) is 0 Å². The van der Waals surface area contributed by atoms with Crippen molar-refractivity contribution in [2.24, 2.45) is 0 Å². The quantitative estimate of drug-likeness (QED) is 0.674. The molecule has 6 nitrogen and oxygen atoms in total. The summed E-state index contributed by atoms with van der Waals surface area (Å²) in [5.74, 6) is -1.36. The molecule has 1 fully saturated rings. The Morgan fingerprint density at radius 3 is 2.24 bits per heavy atom. The molecule has 1 aliphatic rings. The van der Waals surface area contributed by atoms with E-state index in [-0.39, 0.29) is 24.3 Å². The molecule has 0 saturated heterocycles. The van der Waals surface area contributed by atoms with Gasteiger partial charge in [0.15, 0.2) is 21.2 Å². The number of amides is 1. The van der Waals surface area contributed by atoms with Crippen LogP contribution in [-0.2, 0) is 30.7 Å². The zero-order valence-corrected chi connectivity index (χ0v) is 17.3. The summed E-state index contributed by atoms with van der Waals surface area (Å²) >= 11 is 5.82. The number of carbonyl (C=O) groups excluding carboxylic acids is 2. The van der Waals surface area contributed by atoms with Crippen LogP contribution in [0.15, 0.2) is 59.5 Å². The molecule has 1 amide bonds. The van der Waals surface area contributed by atoms with Crippen LogP contribution in [-0.4, -0.2) is 31.6 Å². The van der Waals surface area contributed by atoms with Gasteiger partial charge in [0.05, 0.1) is 4.90 Å². The molecule has 2 aromatic carbocycles. The number of rotatable bonds is 7. The summed E-state index contributed by atoms with van der Waals surface area (Å²) in [6, 6.07) is 14.9. The van der Waals surface area contributed by atoms with E-state index in [4.69, 9.17) is 16.3 Å². The molecule has 1 saturated carbocycles. The maximum atomic E-state index is 13.2. The Balaban J connectivity index is 1.64. The Morgan fingerprint density at radius 2 is 1.62 bits per heavy atom. The number of sulfone groups is 1. The Bertz CT molecular complexity index is 968. The van der Waals surface area contributed by atoms with Gasteiger partial charge in [0.2, 0.25) is 0 Å². The monoisotopic (exact) mass is 435 g/mol. The van der Waals surface area contributed by atoms with Gasteiger partial charge in [-0.2, -0.15) is 0 Å². The summed E-state index contributed by atoms with van der Waals surface area (Å²) < 4.78 is 29.9. The van der Waals surface area contributed by atoms with E-state index in [2.05, 4.69) is 5.32 Å². The number of carbonyl (C=O) groups is 2. The second kappa shape index (κ2) is 8.97. The van der Waals surface area contributed by atoms with Crippen molar-refractivity contribution >= 4 is 33.3 Å². The lowest BCUT2D eigenvalue weighted by atomic mass is 10.1. The van der Waals surface area contributed by atoms with Crippen LogP contribution in [0, 0.1) is 0 Å². The molecule has 8 heteroatoms. The molecule has 0 spiro atoms. The molecule has 0 bridgehead atoms. The van der Waals surface area contributed by atoms with Gasteiger partial charge in [-0.1, -0.05) is 54.8 Å². The van der Waals surface area contributed by atoms with Crippen LogP contribution in [0.2, 0.25) is 5.02 Å². The SMILES string of the molecule is O=C(COC(=O)C1(S(=O)(=O)c2ccccc2)CCCC1)NCc1ccc(Cl)cc1. The fourth-order valence-corrected chi connectivity index (χ4v) is 5.67. The number of benzene rings is 2. The van der Waals surface area contributed by atoms with E-state index < -0.39 is 33.1 Å². The minimum Gasteiger partial charge on any atom is -0.454 e. The summed E-state index contributed by atoms with van der Waals surface area (Å²) in [6.45, 7) is -0.278. The predicted molar refractivity (Wildman–Crippen MR) is 109 cm³/mol. The third-order valence-corrected chi connectivity index (χ3v) is 7.84. The first kappa shape index (κ1) is 21.3. The highest BCUT2D eigenvalue weighted by Gasteiger charge is 2.54. The maximum Gasteiger partial charge on any atom is 0.328 e. The topological polar surface area (TPSA) is 89.5 Å². The number of hydrogen-bond donors (Lipinski definition) is 1. The maximum absolute atomic E-state index is 13.2. The van der Waals surface area contributed by atoms with Crippen molar-refractivity contribution in [3.63, 3.8) is 0 Å². The molecule has 2 aromatic rings. The molecule has 0 heterocycles. The Morgan fingerprint density at radius 1 is 1.00 bits per heavy atom. The molecular weight excluding hydrogens is 414 g/mol. The zero-order chi connectivity index (χ0) is 20.9. The van der Waals surface area contributed by atoms with E-state index in [0.29, 0.717) is 17.9 Å². The molecular formula is C21H22ClNO5S. The van der Waals surface area contributed by atoms with Crippen molar-refractivity contribution < 1.29 is 22.7 Å². The van der Waals surface area contributed by atoms with Crippen LogP contribution >= 0.6 is 11.6 Å². The van der Waals surface area contributed by atoms with Gasteiger partial charge in [0, 0.05) is 11.6 Å². The normalized spacial score (nSPS) is 15.6. The van der Waals surface area contributed by atoms with Crippen LogP contribution in [0.5, 0.6) is 0 Å². The average Bonchev–Trinajstić information content (AvgIpc) is 3.24. The number of nitrogens with one attached hydrogen (secondary N) is 1. The first-order chi connectivity index (χ1) is 13.8. The summed E-state index contributed by atoms with van der Waals surface area (Å²) in [4.78, 5) is 25.0. The van der Waals surface area contributed by atoms with Gasteiger partial charge in [-0.05, 0) is 42.7 Å². The Hall–Kier alpha value is -2.38. The minimum atomic E-state index is -3.93. The molecule has 154 valence electrons. The second-order valence-electron chi connectivity index (χ2n) is 7.00. The van der Waals surface area contributed by atoms with Gasteiger partial charge in [0.25, 0.3) is 5.91 Å². The molecule has 0 unspecified atom stereocenters. The third-order valence-electron chi connectivity index (χ3n) is 5.09. The van der Waals surface area contributed by atoms with E-state index in [1.165, 1.54) is 12.1 Å². The van der Waals surface area contributed by atoms with Crippen LogP contribution in [0.4, 0.5) is 0 Å². The number of esters is 1. The predicted octanol–water partition coefficient (Wildman–Crippen LogP) is 3.29. The summed E-state index contributed by atoms with van der Waals surface area (Å²) in [5.41, 5.74) is 0.841. The highest BCUT2D eigenvalue weighted by atomic mass is 35.5. The molecule has 1 aliphatic carbocycles. The Kier molecular flexibility index (Phi) is 6.59. The lowest BCUT2D eigenvalue weighted by molar-refractivity contribution is -0.151. The van der Waals surface area contributed by atoms with Crippen LogP contribution in [0.25, 0.3) is 0 Å². The van der Waals surface area contributed by atoms with E-state index in [1.807, 2.05) is 0 Å². The van der Waals surface area contributed by atoms with Crippen molar-refractivity contribution in [2.45, 2.75) is 41.9 Å². The van der Waals surface area contributed by atoms with E-state index in [0.717, 1.165) is 5.56 Å². The van der Waals surface area contributed by atoms with Crippen molar-refractivity contribution in [1.82, 2.24) is 5.32 Å². The van der Waals surface area contributed by atoms with Crippen molar-refractivity contribution in [1.29, 1.82) is 0 Å². The summed E-state index contributed by atoms with van der Waals surface area (Å²) in [7, 11) is -3.93. The van der Waals surface area contributed by atoms with E-state index >= 15 is 0 Å². The first-order valence-corrected chi connectivity index (χ1v) is 11.2. The third kappa shape index (κ3) is 4.62. The highest BCUT2D eigenvalue weighted by Crippen LogP contribution is 2.41. The molecule has 3 rings (SSSR count). The molecule has 0 radical (unpaired) electrons. The van der Waals surface area contributed by atoms with Gasteiger partial charge in [-0.3, -0.25) is 9.59 Å². The summed E-state index contributed by atoms with van der Waals surface area (Å²) in [5, 5.41) is 3.23. The first-order valence-electron chi connectivity index (χ1n) is 9.33. The van der Waals surface area contributed by atoms with E-state index in [1.54, 1.807) is 42.5 Å². The average molecular weight is 436 g/mol. The van der Waals surface area contributed by atoms with E-state index in [9.17, 15) is 18.0 Å². The smallest absolute Gasteiger partial charge is 0.328 e. The molecule has 1 N–H and O–H groups in total. The number of ether oxygens (including phenoxy) is 1. The van der Waals surface area contributed by atoms with Gasteiger partial charge in [-0.15, -0.1) is 0 Å². The molecule has 0 aliphatic heterocycles. The molecule has 0 atom stereocenters. The minimum absolute atomic E-state index is 0.0889. The lowest BCUT2D eigenvalue weighted by Crippen LogP contribution is -2.46. The fraction of sp³-hybridized carbons (Fsp3) is 0.333. The number of halogens is 1. The standard InChI is InChI=1S/C21H22ClNO5S/c22-17-10-8-16(9-11-17)14-23-19(24)15-28-20(25)21(12-4-5-13-21)29(26,27)18-6-2-1-3-7-18/h1-3,6-11H,4-5,12-15H2,(H,23,24). The second-order valence-corrected chi connectivity index (χ2v) is 9.69. The molecule has 29 heavy (non-hydrogen) atoms. The largest absolute Gasteiger partial charge is 0.454 e. The fourth-order valence-electron chi connectivity index (χ4n) is 3.47. The van der Waals surface area contributed by atoms with Crippen molar-refractivity contribution in [3.05, 3.63) is 65.2 Å². The number of hydrogen-bond acceptors (Lipinski definition) is 5. The zero-order valence-electron chi connectivity index (χ0n) is 15.8. The summed E-state index contributed by atoms with van der Waals surface area (Å²) in [6.07, 6.45) is 1.61. The van der Waals surface area contributed by atoms with Crippen LogP contribution < -0.4 is 5.32 Å². The molecule has 0 aromatic heterocycles. The van der Waals surface area contributed by atoms with Gasteiger partial charge < -0.3 is 10.1 Å². The van der Waals surface area contributed by atoms with Crippen molar-refractivity contribution in [2.75, 3.05) is 6.61 Å². The van der Waals surface area contributed by atoms with Gasteiger partial charge in [-0.25, -0.2) is 8.42 Å². The van der Waals surface area contributed by atoms with Gasteiger partial charge >= 0.3 is 5.97 Å². The lowest BCUT2D eigenvalue weighted by Gasteiger charge is -2.26. The van der Waals surface area contributed by atoms with Crippen LogP contribution in [0.3, 0.4) is 0 Å².